The fourth-order valence-corrected chi connectivity index (χ4v) is 4.00. The number of amides is 1. The van der Waals surface area contributed by atoms with Gasteiger partial charge in [-0.25, -0.2) is 0 Å². The second-order valence-corrected chi connectivity index (χ2v) is 6.63. The van der Waals surface area contributed by atoms with E-state index in [4.69, 9.17) is 10.5 Å². The van der Waals surface area contributed by atoms with E-state index in [9.17, 15) is 4.79 Å². The van der Waals surface area contributed by atoms with Crippen LogP contribution in [0, 0.1) is 16.7 Å². The van der Waals surface area contributed by atoms with Crippen LogP contribution < -0.4 is 11.1 Å². The Labute approximate surface area is 110 Å². The number of ether oxygens (including phenoxy) is 1. The van der Waals surface area contributed by atoms with E-state index < -0.39 is 6.10 Å². The molecule has 0 aliphatic heterocycles. The summed E-state index contributed by atoms with van der Waals surface area (Å²) in [6.45, 7) is 7.23. The molecular formula is C14H26N2O2. The Kier molecular flexibility index (Phi) is 3.45. The Morgan fingerprint density at radius 1 is 1.50 bits per heavy atom. The lowest BCUT2D eigenvalue weighted by Crippen LogP contribution is -2.51. The highest BCUT2D eigenvalue weighted by Gasteiger charge is 2.61. The van der Waals surface area contributed by atoms with Gasteiger partial charge in [0.05, 0.1) is 0 Å². The number of nitrogens with two attached hydrogens (primary N) is 1. The molecule has 1 amide bonds. The summed E-state index contributed by atoms with van der Waals surface area (Å²) in [5.41, 5.74) is 6.06. The van der Waals surface area contributed by atoms with Crippen LogP contribution in [0.4, 0.5) is 0 Å². The van der Waals surface area contributed by atoms with Crippen molar-refractivity contribution in [2.45, 2.75) is 52.2 Å². The SMILES string of the molecule is COC(CN)C(=O)NC1CC2CCC1(C)C2(C)C. The quantitative estimate of drug-likeness (QED) is 0.794. The van der Waals surface area contributed by atoms with Crippen molar-refractivity contribution in [3.8, 4) is 0 Å². The van der Waals surface area contributed by atoms with Crippen molar-refractivity contribution in [2.24, 2.45) is 22.5 Å². The zero-order valence-electron chi connectivity index (χ0n) is 12.0. The van der Waals surface area contributed by atoms with Crippen molar-refractivity contribution in [1.82, 2.24) is 5.32 Å². The number of nitrogens with one attached hydrogen (secondary N) is 1. The van der Waals surface area contributed by atoms with Gasteiger partial charge >= 0.3 is 0 Å². The summed E-state index contributed by atoms with van der Waals surface area (Å²) in [4.78, 5) is 12.1. The monoisotopic (exact) mass is 254 g/mol. The van der Waals surface area contributed by atoms with Gasteiger partial charge in [0.2, 0.25) is 0 Å². The van der Waals surface area contributed by atoms with Crippen LogP contribution in [0.5, 0.6) is 0 Å². The number of hydrogen-bond acceptors (Lipinski definition) is 3. The van der Waals surface area contributed by atoms with Gasteiger partial charge in [0.15, 0.2) is 0 Å². The molecule has 0 spiro atoms. The maximum absolute atomic E-state index is 12.1. The molecule has 0 aromatic heterocycles. The molecule has 2 fully saturated rings. The van der Waals surface area contributed by atoms with Crippen LogP contribution in [0.1, 0.15) is 40.0 Å². The Morgan fingerprint density at radius 3 is 2.56 bits per heavy atom. The lowest BCUT2D eigenvalue weighted by atomic mass is 9.69. The first-order valence-corrected chi connectivity index (χ1v) is 6.90. The fourth-order valence-electron chi connectivity index (χ4n) is 4.00. The third kappa shape index (κ3) is 1.77. The maximum atomic E-state index is 12.1. The van der Waals surface area contributed by atoms with Gasteiger partial charge in [-0.3, -0.25) is 4.79 Å². The lowest BCUT2D eigenvalue weighted by molar-refractivity contribution is -0.132. The number of methoxy groups -OCH3 is 1. The number of rotatable bonds is 4. The molecule has 2 saturated carbocycles. The summed E-state index contributed by atoms with van der Waals surface area (Å²) < 4.78 is 5.10. The van der Waals surface area contributed by atoms with Gasteiger partial charge in [-0.15, -0.1) is 0 Å². The van der Waals surface area contributed by atoms with E-state index >= 15 is 0 Å². The first-order chi connectivity index (χ1) is 8.36. The van der Waals surface area contributed by atoms with Crippen molar-refractivity contribution in [3.63, 3.8) is 0 Å². The highest BCUT2D eigenvalue weighted by atomic mass is 16.5. The Hall–Kier alpha value is -0.610. The van der Waals surface area contributed by atoms with E-state index in [-0.39, 0.29) is 23.9 Å². The van der Waals surface area contributed by atoms with Crippen molar-refractivity contribution < 1.29 is 9.53 Å². The summed E-state index contributed by atoms with van der Waals surface area (Å²) in [6.07, 6.45) is 3.07. The highest BCUT2D eigenvalue weighted by Crippen LogP contribution is 2.65. The van der Waals surface area contributed by atoms with Crippen LogP contribution in [0.3, 0.4) is 0 Å². The van der Waals surface area contributed by atoms with Gasteiger partial charge in [0.1, 0.15) is 6.10 Å². The molecule has 0 aromatic carbocycles. The van der Waals surface area contributed by atoms with Gasteiger partial charge in [-0.1, -0.05) is 20.8 Å². The van der Waals surface area contributed by atoms with Crippen molar-refractivity contribution in [2.75, 3.05) is 13.7 Å². The first-order valence-electron chi connectivity index (χ1n) is 6.90. The van der Waals surface area contributed by atoms with E-state index in [1.165, 1.54) is 20.0 Å². The fraction of sp³-hybridized carbons (Fsp3) is 0.929. The molecule has 2 aliphatic rings. The number of hydrogen-bond donors (Lipinski definition) is 2. The van der Waals surface area contributed by atoms with Crippen LogP contribution >= 0.6 is 0 Å². The van der Waals surface area contributed by atoms with Crippen LogP contribution in [-0.4, -0.2) is 31.7 Å². The number of carbonyl (C=O) groups is 1. The van der Waals surface area contributed by atoms with E-state index in [1.807, 2.05) is 0 Å². The molecule has 4 heteroatoms. The topological polar surface area (TPSA) is 64.3 Å². The van der Waals surface area contributed by atoms with Crippen molar-refractivity contribution in [1.29, 1.82) is 0 Å². The molecule has 104 valence electrons. The number of fused-ring (bicyclic) bond motifs is 2. The lowest BCUT2D eigenvalue weighted by Gasteiger charge is -2.39. The van der Waals surface area contributed by atoms with Crippen molar-refractivity contribution in [3.05, 3.63) is 0 Å². The largest absolute Gasteiger partial charge is 0.370 e. The van der Waals surface area contributed by atoms with E-state index in [0.29, 0.717) is 5.41 Å². The maximum Gasteiger partial charge on any atom is 0.250 e. The smallest absolute Gasteiger partial charge is 0.250 e. The second-order valence-electron chi connectivity index (χ2n) is 6.63. The van der Waals surface area contributed by atoms with Gasteiger partial charge in [-0.2, -0.15) is 0 Å². The Morgan fingerprint density at radius 2 is 2.17 bits per heavy atom. The van der Waals surface area contributed by atoms with E-state index in [1.54, 1.807) is 0 Å². The molecule has 4 nitrogen and oxygen atoms in total. The van der Waals surface area contributed by atoms with Gasteiger partial charge in [0.25, 0.3) is 5.91 Å². The Bertz CT molecular complexity index is 339. The normalized spacial score (nSPS) is 38.7. The molecule has 2 aliphatic carbocycles. The van der Waals surface area contributed by atoms with E-state index in [2.05, 4.69) is 26.1 Å². The van der Waals surface area contributed by atoms with Gasteiger partial charge < -0.3 is 15.8 Å². The summed E-state index contributed by atoms with van der Waals surface area (Å²) in [6, 6.07) is 0.267. The zero-order chi connectivity index (χ0) is 13.6. The van der Waals surface area contributed by atoms with Crippen LogP contribution in [-0.2, 0) is 9.53 Å². The minimum Gasteiger partial charge on any atom is -0.370 e. The van der Waals surface area contributed by atoms with Crippen LogP contribution in [0.15, 0.2) is 0 Å². The van der Waals surface area contributed by atoms with Crippen LogP contribution in [0.2, 0.25) is 0 Å². The summed E-state index contributed by atoms with van der Waals surface area (Å²) in [7, 11) is 1.53. The molecule has 2 rings (SSSR count). The molecule has 0 heterocycles. The average molecular weight is 254 g/mol. The van der Waals surface area contributed by atoms with Gasteiger partial charge in [-0.05, 0) is 36.0 Å². The molecule has 3 N–H and O–H groups in total. The molecule has 18 heavy (non-hydrogen) atoms. The molecule has 2 bridgehead atoms. The Balaban J connectivity index is 2.07. The number of carbonyl (C=O) groups excluding carboxylic acids is 1. The second kappa shape index (κ2) is 4.49. The summed E-state index contributed by atoms with van der Waals surface area (Å²) in [5.74, 6) is 0.668. The van der Waals surface area contributed by atoms with Gasteiger partial charge in [0, 0.05) is 19.7 Å². The predicted octanol–water partition coefficient (Wildman–Crippen LogP) is 1.29. The van der Waals surface area contributed by atoms with E-state index in [0.717, 1.165) is 12.3 Å². The molecular weight excluding hydrogens is 228 g/mol. The first kappa shape index (κ1) is 13.8. The average Bonchev–Trinajstić information content (AvgIpc) is 2.63. The summed E-state index contributed by atoms with van der Waals surface area (Å²) in [5, 5.41) is 3.16. The minimum absolute atomic E-state index is 0.0606. The molecule has 0 radical (unpaired) electrons. The predicted molar refractivity (Wildman–Crippen MR) is 71.0 cm³/mol. The molecule has 0 aromatic rings. The van der Waals surface area contributed by atoms with Crippen LogP contribution in [0.25, 0.3) is 0 Å². The minimum atomic E-state index is -0.518. The molecule has 4 atom stereocenters. The third-order valence-electron chi connectivity index (χ3n) is 5.90. The molecule has 0 saturated heterocycles. The highest BCUT2D eigenvalue weighted by molar-refractivity contribution is 5.81. The molecule has 4 unspecified atom stereocenters. The standard InChI is InChI=1S/C14H26N2O2/c1-13(2)9-5-6-14(13,3)11(7-9)16-12(17)10(8-15)18-4/h9-11H,5-8,15H2,1-4H3,(H,16,17). The third-order valence-corrected chi connectivity index (χ3v) is 5.90. The van der Waals surface area contributed by atoms with Crippen molar-refractivity contribution >= 4 is 5.91 Å². The zero-order valence-corrected chi connectivity index (χ0v) is 12.0. The summed E-state index contributed by atoms with van der Waals surface area (Å²) >= 11 is 0.